The van der Waals surface area contributed by atoms with Crippen LogP contribution in [0.25, 0.3) is 0 Å². The number of carbonyl (C=O) groups is 2. The number of hydrogen-bond acceptors (Lipinski definition) is 5. The summed E-state index contributed by atoms with van der Waals surface area (Å²) in [5.74, 6) is -2.28. The molecule has 0 aromatic carbocycles. The summed E-state index contributed by atoms with van der Waals surface area (Å²) in [7, 11) is -1.34. The molecule has 1 aliphatic rings. The molecule has 0 aromatic heterocycles. The van der Waals surface area contributed by atoms with Crippen molar-refractivity contribution in [2.75, 3.05) is 27.2 Å². The Hall–Kier alpha value is -1.19. The Bertz CT molecular complexity index is 492. The maximum absolute atomic E-state index is 12.5. The summed E-state index contributed by atoms with van der Waals surface area (Å²) in [5, 5.41) is 9.16. The normalized spacial score (nSPS) is 22.0. The summed E-state index contributed by atoms with van der Waals surface area (Å²) >= 11 is 0. The fourth-order valence-electron chi connectivity index (χ4n) is 2.36. The Morgan fingerprint density at radius 2 is 2.05 bits per heavy atom. The first-order chi connectivity index (χ1) is 9.71. The van der Waals surface area contributed by atoms with Crippen molar-refractivity contribution >= 4 is 22.1 Å². The molecule has 0 amide bonds. The minimum absolute atomic E-state index is 0.0577. The zero-order chi connectivity index (χ0) is 16.2. The van der Waals surface area contributed by atoms with Gasteiger partial charge in [0.1, 0.15) is 6.04 Å². The molecule has 1 heterocycles. The number of carbonyl (C=O) groups excluding carboxylic acids is 1. The van der Waals surface area contributed by atoms with Crippen LogP contribution in [-0.2, 0) is 24.5 Å². The third-order valence-corrected chi connectivity index (χ3v) is 5.53. The molecule has 1 aliphatic heterocycles. The van der Waals surface area contributed by atoms with Gasteiger partial charge in [0.05, 0.1) is 13.0 Å². The number of methoxy groups -OCH3 is 1. The maximum Gasteiger partial charge on any atom is 0.322 e. The van der Waals surface area contributed by atoms with Gasteiger partial charge in [-0.25, -0.2) is 0 Å². The van der Waals surface area contributed by atoms with Gasteiger partial charge in [0, 0.05) is 20.1 Å². The third kappa shape index (κ3) is 4.14. The molecule has 0 aromatic rings. The van der Waals surface area contributed by atoms with Gasteiger partial charge in [0.25, 0.3) is 10.2 Å². The van der Waals surface area contributed by atoms with E-state index in [2.05, 4.69) is 4.74 Å². The van der Waals surface area contributed by atoms with Crippen LogP contribution in [0.1, 0.15) is 26.2 Å². The molecule has 2 unspecified atom stereocenters. The predicted octanol–water partition coefficient (Wildman–Crippen LogP) is -0.0888. The third-order valence-electron chi connectivity index (χ3n) is 3.56. The van der Waals surface area contributed by atoms with E-state index in [1.165, 1.54) is 14.2 Å². The van der Waals surface area contributed by atoms with E-state index in [1.807, 2.05) is 0 Å². The maximum atomic E-state index is 12.5. The molecule has 1 N–H and O–H groups in total. The molecule has 1 fully saturated rings. The molecule has 122 valence electrons. The molecule has 9 heteroatoms. The van der Waals surface area contributed by atoms with Gasteiger partial charge in [-0.2, -0.15) is 17.0 Å². The smallest absolute Gasteiger partial charge is 0.322 e. The van der Waals surface area contributed by atoms with E-state index < -0.39 is 34.1 Å². The zero-order valence-electron chi connectivity index (χ0n) is 12.5. The fourth-order valence-corrected chi connectivity index (χ4v) is 4.01. The first kappa shape index (κ1) is 17.9. The molecule has 0 radical (unpaired) electrons. The molecule has 8 nitrogen and oxygen atoms in total. The average Bonchev–Trinajstić information content (AvgIpc) is 2.45. The topological polar surface area (TPSA) is 104 Å². The van der Waals surface area contributed by atoms with Crippen LogP contribution in [0.3, 0.4) is 0 Å². The van der Waals surface area contributed by atoms with Crippen LogP contribution >= 0.6 is 0 Å². The van der Waals surface area contributed by atoms with Crippen molar-refractivity contribution in [1.29, 1.82) is 0 Å². The van der Waals surface area contributed by atoms with Crippen LogP contribution in [0.15, 0.2) is 0 Å². The molecule has 21 heavy (non-hydrogen) atoms. The Balaban J connectivity index is 2.87. The molecular weight excluding hydrogens is 300 g/mol. The summed E-state index contributed by atoms with van der Waals surface area (Å²) in [6, 6.07) is -1.04. The molecule has 2 atom stereocenters. The SMILES string of the molecule is COC(=O)C(C)CN(C)S(=O)(=O)N1CCCCC1C(=O)O. The number of nitrogens with zero attached hydrogens (tertiary/aromatic N) is 2. The summed E-state index contributed by atoms with van der Waals surface area (Å²) in [5.41, 5.74) is 0. The van der Waals surface area contributed by atoms with E-state index in [-0.39, 0.29) is 13.1 Å². The van der Waals surface area contributed by atoms with E-state index in [1.54, 1.807) is 6.92 Å². The predicted molar refractivity (Wildman–Crippen MR) is 74.7 cm³/mol. The van der Waals surface area contributed by atoms with Crippen LogP contribution in [0.2, 0.25) is 0 Å². The summed E-state index contributed by atoms with van der Waals surface area (Å²) in [6.07, 6.45) is 1.61. The lowest BCUT2D eigenvalue weighted by molar-refractivity contribution is -0.145. The van der Waals surface area contributed by atoms with Gasteiger partial charge in [-0.3, -0.25) is 9.59 Å². The second-order valence-corrected chi connectivity index (χ2v) is 7.16. The number of piperidine rings is 1. The first-order valence-electron chi connectivity index (χ1n) is 6.75. The lowest BCUT2D eigenvalue weighted by Gasteiger charge is -2.35. The Labute approximate surface area is 124 Å². The second-order valence-electron chi connectivity index (χ2n) is 5.17. The van der Waals surface area contributed by atoms with E-state index in [4.69, 9.17) is 5.11 Å². The second kappa shape index (κ2) is 7.19. The van der Waals surface area contributed by atoms with Gasteiger partial charge in [-0.1, -0.05) is 6.92 Å². The standard InChI is InChI=1S/C12H22N2O6S/c1-9(12(17)20-3)8-13(2)21(18,19)14-7-5-4-6-10(14)11(15)16/h9-10H,4-8H2,1-3H3,(H,15,16). The van der Waals surface area contributed by atoms with Crippen molar-refractivity contribution in [2.24, 2.45) is 5.92 Å². The van der Waals surface area contributed by atoms with Crippen LogP contribution < -0.4 is 0 Å². The Morgan fingerprint density at radius 3 is 2.57 bits per heavy atom. The summed E-state index contributed by atoms with van der Waals surface area (Å²) in [4.78, 5) is 22.6. The van der Waals surface area contributed by atoms with Gasteiger partial charge in [-0.05, 0) is 19.3 Å². The monoisotopic (exact) mass is 322 g/mol. The van der Waals surface area contributed by atoms with Crippen LogP contribution in [-0.4, -0.2) is 67.4 Å². The minimum Gasteiger partial charge on any atom is -0.480 e. The molecule has 1 rings (SSSR count). The van der Waals surface area contributed by atoms with Crippen molar-refractivity contribution in [1.82, 2.24) is 8.61 Å². The molecule has 0 saturated carbocycles. The van der Waals surface area contributed by atoms with Gasteiger partial charge < -0.3 is 9.84 Å². The highest BCUT2D eigenvalue weighted by Crippen LogP contribution is 2.22. The highest BCUT2D eigenvalue weighted by Gasteiger charge is 2.39. The number of carboxylic acids is 1. The molecule has 0 aliphatic carbocycles. The Kier molecular flexibility index (Phi) is 6.11. The lowest BCUT2D eigenvalue weighted by atomic mass is 10.1. The quantitative estimate of drug-likeness (QED) is 0.685. The van der Waals surface area contributed by atoms with Crippen molar-refractivity contribution in [3.8, 4) is 0 Å². The fraction of sp³-hybridized carbons (Fsp3) is 0.833. The van der Waals surface area contributed by atoms with Crippen molar-refractivity contribution in [3.63, 3.8) is 0 Å². The van der Waals surface area contributed by atoms with E-state index in [9.17, 15) is 18.0 Å². The van der Waals surface area contributed by atoms with Gasteiger partial charge in [0.2, 0.25) is 0 Å². The molecule has 0 spiro atoms. The largest absolute Gasteiger partial charge is 0.480 e. The molecule has 1 saturated heterocycles. The molecular formula is C12H22N2O6S. The summed E-state index contributed by atoms with van der Waals surface area (Å²) in [6.45, 7) is 1.68. The summed E-state index contributed by atoms with van der Waals surface area (Å²) < 4.78 is 31.5. The van der Waals surface area contributed by atoms with Crippen LogP contribution in [0.4, 0.5) is 0 Å². The number of ether oxygens (including phenoxy) is 1. The number of carboxylic acid groups (broad SMARTS) is 1. The van der Waals surface area contributed by atoms with E-state index in [0.717, 1.165) is 8.61 Å². The van der Waals surface area contributed by atoms with Gasteiger partial charge in [-0.15, -0.1) is 0 Å². The minimum atomic E-state index is -3.91. The molecule has 0 bridgehead atoms. The van der Waals surface area contributed by atoms with Crippen molar-refractivity contribution in [2.45, 2.75) is 32.2 Å². The number of esters is 1. The highest BCUT2D eigenvalue weighted by atomic mass is 32.2. The number of hydrogen-bond donors (Lipinski definition) is 1. The Morgan fingerprint density at radius 1 is 1.43 bits per heavy atom. The highest BCUT2D eigenvalue weighted by molar-refractivity contribution is 7.86. The van der Waals surface area contributed by atoms with E-state index in [0.29, 0.717) is 19.3 Å². The van der Waals surface area contributed by atoms with Crippen LogP contribution in [0.5, 0.6) is 0 Å². The zero-order valence-corrected chi connectivity index (χ0v) is 13.3. The van der Waals surface area contributed by atoms with E-state index >= 15 is 0 Å². The number of aliphatic carboxylic acids is 1. The first-order valence-corrected chi connectivity index (χ1v) is 8.15. The lowest BCUT2D eigenvalue weighted by Crippen LogP contribution is -2.53. The van der Waals surface area contributed by atoms with Crippen LogP contribution in [0, 0.1) is 5.92 Å². The van der Waals surface area contributed by atoms with Gasteiger partial charge >= 0.3 is 11.9 Å². The number of rotatable bonds is 6. The average molecular weight is 322 g/mol. The van der Waals surface area contributed by atoms with Gasteiger partial charge in [0.15, 0.2) is 0 Å². The van der Waals surface area contributed by atoms with Crippen molar-refractivity contribution in [3.05, 3.63) is 0 Å². The van der Waals surface area contributed by atoms with Crippen molar-refractivity contribution < 1.29 is 27.9 Å².